The van der Waals surface area contributed by atoms with Gasteiger partial charge in [-0.05, 0) is 30.5 Å². The van der Waals surface area contributed by atoms with E-state index in [0.717, 1.165) is 22.4 Å². The molecule has 0 heterocycles. The first-order valence-electron chi connectivity index (χ1n) is 4.42. The molecule has 0 aromatic heterocycles. The summed E-state index contributed by atoms with van der Waals surface area (Å²) in [6.45, 7) is 3.99. The average molecular weight is 185 g/mol. The first kappa shape index (κ1) is 10.1. The lowest BCUT2D eigenvalue weighted by Crippen LogP contribution is -2.10. The van der Waals surface area contributed by atoms with Gasteiger partial charge in [0.05, 0.1) is 5.69 Å². The van der Waals surface area contributed by atoms with Gasteiger partial charge in [-0.3, -0.25) is 0 Å². The van der Waals surface area contributed by atoms with Crippen molar-refractivity contribution in [3.05, 3.63) is 29.3 Å². The Kier molecular flexibility index (Phi) is 3.09. The smallest absolute Gasteiger partial charge is 0.182 e. The summed E-state index contributed by atoms with van der Waals surface area (Å²) in [5.74, 6) is 0. The zero-order valence-corrected chi connectivity index (χ0v) is 8.28. The van der Waals surface area contributed by atoms with Gasteiger partial charge >= 0.3 is 0 Å². The van der Waals surface area contributed by atoms with E-state index in [2.05, 4.69) is 0 Å². The molecule has 0 fully saturated rings. The molecule has 70 valence electrons. The van der Waals surface area contributed by atoms with Crippen LogP contribution in [0.3, 0.4) is 0 Å². The summed E-state index contributed by atoms with van der Waals surface area (Å²) in [4.78, 5) is 1.03. The number of hydrogen-bond donors (Lipinski definition) is 0. The Balaban J connectivity index is 3.29. The first-order valence-corrected chi connectivity index (χ1v) is 4.42. The summed E-state index contributed by atoms with van der Waals surface area (Å²) in [7, 11) is 0. The minimum atomic E-state index is 0.692. The van der Waals surface area contributed by atoms with Crippen LogP contribution in [0.5, 0.6) is 0 Å². The van der Waals surface area contributed by atoms with E-state index in [9.17, 15) is 0 Å². The Morgan fingerprint density at radius 2 is 1.93 bits per heavy atom. The summed E-state index contributed by atoms with van der Waals surface area (Å²) >= 11 is 0. The summed E-state index contributed by atoms with van der Waals surface area (Å²) in [6.07, 6.45) is 4.51. The van der Waals surface area contributed by atoms with Gasteiger partial charge in [-0.25, -0.2) is 0 Å². The third kappa shape index (κ3) is 1.67. The lowest BCUT2D eigenvalue weighted by molar-refractivity contribution is 1.09. The molecule has 0 aliphatic heterocycles. The lowest BCUT2D eigenvalue weighted by atomic mass is 10.0. The summed E-state index contributed by atoms with van der Waals surface area (Å²) in [5, 5.41) is 17.5. The molecule has 0 saturated heterocycles. The van der Waals surface area contributed by atoms with Crippen molar-refractivity contribution in [1.29, 1.82) is 10.5 Å². The van der Waals surface area contributed by atoms with Gasteiger partial charge in [0.1, 0.15) is 0 Å². The number of rotatable bonds is 2. The van der Waals surface area contributed by atoms with Crippen molar-refractivity contribution in [1.82, 2.24) is 0 Å². The zero-order valence-electron chi connectivity index (χ0n) is 8.28. The highest BCUT2D eigenvalue weighted by molar-refractivity contribution is 5.62. The summed E-state index contributed by atoms with van der Waals surface area (Å²) in [6, 6.07) is 5.62. The van der Waals surface area contributed by atoms with Crippen molar-refractivity contribution >= 4 is 5.69 Å². The number of nitriles is 2. The maximum atomic E-state index is 8.74. The molecule has 1 rings (SSSR count). The fourth-order valence-corrected chi connectivity index (χ4v) is 1.49. The third-order valence-electron chi connectivity index (χ3n) is 2.18. The van der Waals surface area contributed by atoms with Crippen LogP contribution in [0.4, 0.5) is 5.69 Å². The Labute approximate surface area is 83.8 Å². The zero-order chi connectivity index (χ0) is 10.6. The van der Waals surface area contributed by atoms with Gasteiger partial charge in [-0.2, -0.15) is 15.4 Å². The van der Waals surface area contributed by atoms with Crippen molar-refractivity contribution in [3.8, 4) is 12.4 Å². The highest BCUT2D eigenvalue weighted by atomic mass is 15.1. The average Bonchev–Trinajstić information content (AvgIpc) is 2.20. The molecular weight excluding hydrogens is 174 g/mol. The fourth-order valence-electron chi connectivity index (χ4n) is 1.49. The van der Waals surface area contributed by atoms with Crippen LogP contribution in [-0.2, 0) is 6.42 Å². The SMILES string of the molecule is CCc1c(C)cccc1N(C#N)C#N. The molecule has 0 atom stereocenters. The third-order valence-corrected chi connectivity index (χ3v) is 2.18. The van der Waals surface area contributed by atoms with E-state index in [0.29, 0.717) is 5.69 Å². The molecule has 3 nitrogen and oxygen atoms in total. The standard InChI is InChI=1S/C11H11N3/c1-3-10-9(2)5-4-6-11(10)14(7-12)8-13/h4-6H,3H2,1-2H3. The van der Waals surface area contributed by atoms with Gasteiger partial charge in [0.25, 0.3) is 0 Å². The van der Waals surface area contributed by atoms with Crippen molar-refractivity contribution in [2.45, 2.75) is 20.3 Å². The number of anilines is 1. The van der Waals surface area contributed by atoms with Crippen molar-refractivity contribution < 1.29 is 0 Å². The maximum Gasteiger partial charge on any atom is 0.198 e. The predicted molar refractivity (Wildman–Crippen MR) is 54.3 cm³/mol. The predicted octanol–water partition coefficient (Wildman–Crippen LogP) is 2.33. The molecule has 0 spiro atoms. The largest absolute Gasteiger partial charge is 0.198 e. The van der Waals surface area contributed by atoms with Crippen LogP contribution >= 0.6 is 0 Å². The number of hydrogen-bond acceptors (Lipinski definition) is 3. The molecule has 0 saturated carbocycles. The van der Waals surface area contributed by atoms with E-state index in [1.807, 2.05) is 38.4 Å². The highest BCUT2D eigenvalue weighted by Gasteiger charge is 2.10. The lowest BCUT2D eigenvalue weighted by Gasteiger charge is -2.12. The maximum absolute atomic E-state index is 8.74. The monoisotopic (exact) mass is 185 g/mol. The number of nitrogens with zero attached hydrogens (tertiary/aromatic N) is 3. The minimum absolute atomic E-state index is 0.692. The quantitative estimate of drug-likeness (QED) is 0.524. The van der Waals surface area contributed by atoms with Crippen LogP contribution in [0.15, 0.2) is 18.2 Å². The van der Waals surface area contributed by atoms with E-state index in [1.54, 1.807) is 6.07 Å². The first-order chi connectivity index (χ1) is 6.74. The molecule has 0 unspecified atom stereocenters. The Bertz CT molecular complexity index is 396. The molecule has 3 heteroatoms. The normalized spacial score (nSPS) is 8.86. The van der Waals surface area contributed by atoms with E-state index >= 15 is 0 Å². The van der Waals surface area contributed by atoms with Crippen molar-refractivity contribution in [3.63, 3.8) is 0 Å². The van der Waals surface area contributed by atoms with Gasteiger partial charge in [0, 0.05) is 0 Å². The highest BCUT2D eigenvalue weighted by Crippen LogP contribution is 2.23. The second kappa shape index (κ2) is 4.30. The second-order valence-electron chi connectivity index (χ2n) is 2.96. The van der Waals surface area contributed by atoms with E-state index in [1.165, 1.54) is 0 Å². The Morgan fingerprint density at radius 3 is 2.43 bits per heavy atom. The summed E-state index contributed by atoms with van der Waals surface area (Å²) in [5.41, 5.74) is 2.86. The molecule has 0 aliphatic rings. The molecule has 1 aromatic rings. The number of benzene rings is 1. The van der Waals surface area contributed by atoms with Crippen molar-refractivity contribution in [2.75, 3.05) is 4.90 Å². The molecule has 14 heavy (non-hydrogen) atoms. The van der Waals surface area contributed by atoms with Gasteiger partial charge in [-0.15, -0.1) is 0 Å². The topological polar surface area (TPSA) is 50.8 Å². The molecule has 0 N–H and O–H groups in total. The van der Waals surface area contributed by atoms with Gasteiger partial charge in [0.2, 0.25) is 0 Å². The molecule has 0 bridgehead atoms. The van der Waals surface area contributed by atoms with Crippen LogP contribution in [0.1, 0.15) is 18.1 Å². The van der Waals surface area contributed by atoms with Crippen molar-refractivity contribution in [2.24, 2.45) is 0 Å². The van der Waals surface area contributed by atoms with E-state index in [-0.39, 0.29) is 0 Å². The van der Waals surface area contributed by atoms with E-state index in [4.69, 9.17) is 10.5 Å². The van der Waals surface area contributed by atoms with Crippen LogP contribution < -0.4 is 4.90 Å². The molecule has 1 aromatic carbocycles. The van der Waals surface area contributed by atoms with Gasteiger partial charge in [0.15, 0.2) is 12.4 Å². The van der Waals surface area contributed by atoms with E-state index < -0.39 is 0 Å². The van der Waals surface area contributed by atoms with Crippen LogP contribution in [0.25, 0.3) is 0 Å². The minimum Gasteiger partial charge on any atom is -0.182 e. The molecule has 0 aliphatic carbocycles. The fraction of sp³-hybridized carbons (Fsp3) is 0.273. The Hall–Kier alpha value is -2.00. The van der Waals surface area contributed by atoms with Crippen LogP contribution in [0, 0.1) is 29.8 Å². The van der Waals surface area contributed by atoms with Crippen LogP contribution in [0.2, 0.25) is 0 Å². The molecular formula is C11H11N3. The van der Waals surface area contributed by atoms with Gasteiger partial charge in [-0.1, -0.05) is 19.1 Å². The van der Waals surface area contributed by atoms with Gasteiger partial charge < -0.3 is 0 Å². The molecule has 0 radical (unpaired) electrons. The molecule has 0 amide bonds. The van der Waals surface area contributed by atoms with Crippen LogP contribution in [-0.4, -0.2) is 0 Å². The second-order valence-corrected chi connectivity index (χ2v) is 2.96. The Morgan fingerprint density at radius 1 is 1.29 bits per heavy atom. The number of aryl methyl sites for hydroxylation is 1. The summed E-state index contributed by atoms with van der Waals surface area (Å²) < 4.78 is 0.